The van der Waals surface area contributed by atoms with Gasteiger partial charge in [0.1, 0.15) is 12.8 Å². The van der Waals surface area contributed by atoms with Crippen molar-refractivity contribution in [2.24, 2.45) is 14.1 Å². The van der Waals surface area contributed by atoms with Crippen molar-refractivity contribution in [2.75, 3.05) is 19.0 Å². The highest BCUT2D eigenvalue weighted by atomic mass is 16.5. The summed E-state index contributed by atoms with van der Waals surface area (Å²) in [4.78, 5) is 0. The third-order valence-corrected chi connectivity index (χ3v) is 4.88. The number of nitrogens with one attached hydrogen (secondary N) is 1. The van der Waals surface area contributed by atoms with Gasteiger partial charge in [-0.05, 0) is 30.2 Å². The first-order valence-electron chi connectivity index (χ1n) is 9.34. The number of fused-ring (bicyclic) bond motifs is 1. The zero-order chi connectivity index (χ0) is 19.5. The molecule has 6 heteroatoms. The molecule has 6 nitrogen and oxygen atoms in total. The SMILES string of the molecule is COc1ccc(-c2cnn3c(NCCc4ccc[n+](C)c4)cc[n+](C)c23)cc1. The van der Waals surface area contributed by atoms with Crippen LogP contribution in [-0.2, 0) is 20.5 Å². The van der Waals surface area contributed by atoms with E-state index in [0.29, 0.717) is 0 Å². The van der Waals surface area contributed by atoms with Gasteiger partial charge in [0.2, 0.25) is 5.82 Å². The van der Waals surface area contributed by atoms with Crippen LogP contribution >= 0.6 is 0 Å². The standard InChI is InChI=1S/C22H24N5O/c1-25-13-4-5-17(16-25)10-12-23-21-11-14-26(2)22-20(15-24-27(21)22)18-6-8-19(28-3)9-7-18/h4-9,11,13-16H,10,12H2,1-3H3/q+1/p+1. The Morgan fingerprint density at radius 1 is 1.07 bits per heavy atom. The molecule has 3 aromatic heterocycles. The maximum absolute atomic E-state index is 5.27. The maximum atomic E-state index is 5.27. The Labute approximate surface area is 164 Å². The molecule has 142 valence electrons. The van der Waals surface area contributed by atoms with Gasteiger partial charge in [-0.2, -0.15) is 0 Å². The summed E-state index contributed by atoms with van der Waals surface area (Å²) in [6.07, 6.45) is 9.12. The average molecular weight is 375 g/mol. The van der Waals surface area contributed by atoms with Crippen molar-refractivity contribution in [3.8, 4) is 16.9 Å². The lowest BCUT2D eigenvalue weighted by molar-refractivity contribution is -0.671. The Morgan fingerprint density at radius 2 is 1.89 bits per heavy atom. The smallest absolute Gasteiger partial charge is 0.318 e. The minimum absolute atomic E-state index is 0.838. The summed E-state index contributed by atoms with van der Waals surface area (Å²) in [5.74, 6) is 1.83. The zero-order valence-electron chi connectivity index (χ0n) is 16.5. The molecule has 0 saturated heterocycles. The Morgan fingerprint density at radius 3 is 2.64 bits per heavy atom. The summed E-state index contributed by atoms with van der Waals surface area (Å²) in [6.45, 7) is 0.838. The van der Waals surface area contributed by atoms with Gasteiger partial charge in [-0.15, -0.1) is 0 Å². The first-order valence-corrected chi connectivity index (χ1v) is 9.34. The number of methoxy groups -OCH3 is 1. The molecule has 0 bridgehead atoms. The van der Waals surface area contributed by atoms with E-state index >= 15 is 0 Å². The van der Waals surface area contributed by atoms with Gasteiger partial charge in [0.25, 0.3) is 0 Å². The van der Waals surface area contributed by atoms with Gasteiger partial charge < -0.3 is 10.1 Å². The van der Waals surface area contributed by atoms with Crippen LogP contribution in [0.1, 0.15) is 5.56 Å². The molecule has 28 heavy (non-hydrogen) atoms. The Kier molecular flexibility index (Phi) is 4.93. The first kappa shape index (κ1) is 18.0. The van der Waals surface area contributed by atoms with Gasteiger partial charge in [0.05, 0.1) is 32.1 Å². The van der Waals surface area contributed by atoms with Crippen LogP contribution in [0.4, 0.5) is 5.82 Å². The first-order chi connectivity index (χ1) is 13.7. The molecule has 0 saturated carbocycles. The number of rotatable bonds is 6. The number of hydrogen-bond donors (Lipinski definition) is 1. The fourth-order valence-electron chi connectivity index (χ4n) is 3.42. The van der Waals surface area contributed by atoms with Gasteiger partial charge in [-0.3, -0.25) is 0 Å². The highest BCUT2D eigenvalue weighted by molar-refractivity contribution is 5.76. The van der Waals surface area contributed by atoms with Crippen molar-refractivity contribution >= 4 is 11.5 Å². The molecule has 0 amide bonds. The fourth-order valence-corrected chi connectivity index (χ4v) is 3.42. The molecular weight excluding hydrogens is 350 g/mol. The summed E-state index contributed by atoms with van der Waals surface area (Å²) in [7, 11) is 5.76. The van der Waals surface area contributed by atoms with E-state index in [1.807, 2.05) is 43.1 Å². The van der Waals surface area contributed by atoms with E-state index in [-0.39, 0.29) is 0 Å². The molecule has 4 rings (SSSR count). The fraction of sp³-hybridized carbons (Fsp3) is 0.227. The summed E-state index contributed by atoms with van der Waals surface area (Å²) in [5, 5.41) is 8.16. The van der Waals surface area contributed by atoms with Gasteiger partial charge in [-0.1, -0.05) is 21.7 Å². The van der Waals surface area contributed by atoms with Crippen LogP contribution < -0.4 is 19.2 Å². The van der Waals surface area contributed by atoms with Crippen LogP contribution in [0.5, 0.6) is 5.75 Å². The van der Waals surface area contributed by atoms with Crippen LogP contribution in [0.15, 0.2) is 67.3 Å². The van der Waals surface area contributed by atoms with E-state index in [1.54, 1.807) is 7.11 Å². The highest BCUT2D eigenvalue weighted by Crippen LogP contribution is 2.26. The van der Waals surface area contributed by atoms with Crippen LogP contribution in [0.25, 0.3) is 16.8 Å². The molecular formula is C22H25N5O+2. The molecule has 0 aliphatic rings. The number of nitrogens with zero attached hydrogens (tertiary/aromatic N) is 4. The quantitative estimate of drug-likeness (QED) is 0.526. The number of aryl methyl sites for hydroxylation is 2. The lowest BCUT2D eigenvalue weighted by atomic mass is 10.1. The van der Waals surface area contributed by atoms with Crippen molar-refractivity contribution in [3.63, 3.8) is 0 Å². The molecule has 0 aliphatic carbocycles. The predicted molar refractivity (Wildman–Crippen MR) is 108 cm³/mol. The summed E-state index contributed by atoms with van der Waals surface area (Å²) in [6, 6.07) is 14.4. The second-order valence-electron chi connectivity index (χ2n) is 6.89. The second kappa shape index (κ2) is 7.68. The Bertz CT molecular complexity index is 1100. The van der Waals surface area contributed by atoms with E-state index in [2.05, 4.69) is 62.3 Å². The number of aromatic nitrogens is 4. The molecule has 0 fully saturated rings. The van der Waals surface area contributed by atoms with Crippen LogP contribution in [0.3, 0.4) is 0 Å². The van der Waals surface area contributed by atoms with Gasteiger partial charge >= 0.3 is 5.65 Å². The molecule has 4 aromatic rings. The number of hydrogen-bond acceptors (Lipinski definition) is 3. The molecule has 0 aliphatic heterocycles. The van der Waals surface area contributed by atoms with Crippen LogP contribution in [0.2, 0.25) is 0 Å². The molecule has 0 radical (unpaired) electrons. The van der Waals surface area contributed by atoms with E-state index in [4.69, 9.17) is 4.74 Å². The Hall–Kier alpha value is -3.41. The van der Waals surface area contributed by atoms with Gasteiger partial charge in [-0.25, -0.2) is 9.13 Å². The molecule has 0 atom stereocenters. The van der Waals surface area contributed by atoms with Crippen molar-refractivity contribution in [3.05, 3.63) is 72.8 Å². The van der Waals surface area contributed by atoms with Crippen molar-refractivity contribution in [2.45, 2.75) is 6.42 Å². The van der Waals surface area contributed by atoms with E-state index < -0.39 is 0 Å². The third kappa shape index (κ3) is 3.53. The molecule has 3 heterocycles. The molecule has 1 N–H and O–H groups in total. The minimum Gasteiger partial charge on any atom is -0.497 e. The van der Waals surface area contributed by atoms with E-state index in [9.17, 15) is 0 Å². The zero-order valence-corrected chi connectivity index (χ0v) is 16.5. The van der Waals surface area contributed by atoms with E-state index in [1.165, 1.54) is 5.56 Å². The lowest BCUT2D eigenvalue weighted by Crippen LogP contribution is -2.31. The number of pyridine rings is 1. The largest absolute Gasteiger partial charge is 0.497 e. The topological polar surface area (TPSA) is 46.3 Å². The summed E-state index contributed by atoms with van der Waals surface area (Å²) < 4.78 is 11.4. The maximum Gasteiger partial charge on any atom is 0.318 e. The number of benzene rings is 1. The molecule has 1 aromatic carbocycles. The lowest BCUT2D eigenvalue weighted by Gasteiger charge is -2.06. The Balaban J connectivity index is 1.60. The number of anilines is 1. The average Bonchev–Trinajstić information content (AvgIpc) is 3.16. The number of ether oxygens (including phenoxy) is 1. The molecule has 0 unspecified atom stereocenters. The summed E-state index contributed by atoms with van der Waals surface area (Å²) in [5.41, 5.74) is 4.54. The van der Waals surface area contributed by atoms with Crippen molar-refractivity contribution in [1.82, 2.24) is 9.61 Å². The van der Waals surface area contributed by atoms with Crippen molar-refractivity contribution < 1.29 is 13.9 Å². The van der Waals surface area contributed by atoms with E-state index in [0.717, 1.165) is 41.3 Å². The predicted octanol–water partition coefficient (Wildman–Crippen LogP) is 2.31. The van der Waals surface area contributed by atoms with Crippen LogP contribution in [0, 0.1) is 0 Å². The van der Waals surface area contributed by atoms with Crippen molar-refractivity contribution in [1.29, 1.82) is 0 Å². The highest BCUT2D eigenvalue weighted by Gasteiger charge is 2.19. The normalized spacial score (nSPS) is 11.0. The molecule has 0 spiro atoms. The third-order valence-electron chi connectivity index (χ3n) is 4.88. The van der Waals surface area contributed by atoms with Crippen LogP contribution in [-0.4, -0.2) is 23.3 Å². The van der Waals surface area contributed by atoms with Gasteiger partial charge in [0, 0.05) is 24.2 Å². The van der Waals surface area contributed by atoms with Gasteiger partial charge in [0.15, 0.2) is 12.4 Å². The monoisotopic (exact) mass is 375 g/mol. The minimum atomic E-state index is 0.838. The second-order valence-corrected chi connectivity index (χ2v) is 6.89. The summed E-state index contributed by atoms with van der Waals surface area (Å²) >= 11 is 0.